The van der Waals surface area contributed by atoms with E-state index in [4.69, 9.17) is 11.6 Å². The first kappa shape index (κ1) is 11.2. The number of benzene rings is 1. The molecular formula is C11H14ClN3O. The quantitative estimate of drug-likeness (QED) is 0.797. The van der Waals surface area contributed by atoms with E-state index in [1.807, 2.05) is 31.4 Å². The van der Waals surface area contributed by atoms with Crippen LogP contribution < -0.4 is 5.32 Å². The number of anilines is 1. The molecule has 1 unspecified atom stereocenters. The second-order valence-corrected chi connectivity index (χ2v) is 4.04. The number of halogens is 1. The number of nitrogens with one attached hydrogen (secondary N) is 1. The van der Waals surface area contributed by atoms with Gasteiger partial charge in [0.15, 0.2) is 0 Å². The molecule has 2 rings (SSSR count). The lowest BCUT2D eigenvalue weighted by atomic mass is 10.2. The number of fused-ring (bicyclic) bond motifs is 1. The lowest BCUT2D eigenvalue weighted by molar-refractivity contribution is 0.211. The number of hydrogen-bond donors (Lipinski definition) is 2. The van der Waals surface area contributed by atoms with E-state index in [-0.39, 0.29) is 5.88 Å². The molecule has 5 heteroatoms. The maximum absolute atomic E-state index is 9.38. The minimum atomic E-state index is -0.541. The zero-order chi connectivity index (χ0) is 11.5. The predicted molar refractivity (Wildman–Crippen MR) is 65.9 cm³/mol. The van der Waals surface area contributed by atoms with E-state index in [0.29, 0.717) is 6.54 Å². The van der Waals surface area contributed by atoms with Crippen molar-refractivity contribution in [1.82, 2.24) is 9.78 Å². The summed E-state index contributed by atoms with van der Waals surface area (Å²) in [6, 6.07) is 5.90. The van der Waals surface area contributed by atoms with Gasteiger partial charge >= 0.3 is 0 Å². The molecule has 1 aromatic heterocycles. The molecule has 0 bridgehead atoms. The summed E-state index contributed by atoms with van der Waals surface area (Å²) in [7, 11) is 1.89. The van der Waals surface area contributed by atoms with Gasteiger partial charge in [0.2, 0.25) is 0 Å². The van der Waals surface area contributed by atoms with Crippen LogP contribution in [0.2, 0.25) is 0 Å². The molecule has 1 heterocycles. The number of rotatable bonds is 4. The first-order valence-corrected chi connectivity index (χ1v) is 5.64. The highest BCUT2D eigenvalue weighted by molar-refractivity contribution is 6.18. The molecule has 1 aromatic carbocycles. The Morgan fingerprint density at radius 1 is 1.56 bits per heavy atom. The Morgan fingerprint density at radius 2 is 2.38 bits per heavy atom. The fourth-order valence-electron chi connectivity index (χ4n) is 1.59. The van der Waals surface area contributed by atoms with Gasteiger partial charge in [-0.15, -0.1) is 11.6 Å². The zero-order valence-electron chi connectivity index (χ0n) is 9.02. The Balaban J connectivity index is 2.23. The van der Waals surface area contributed by atoms with E-state index >= 15 is 0 Å². The third-order valence-electron chi connectivity index (χ3n) is 2.36. The summed E-state index contributed by atoms with van der Waals surface area (Å²) in [6.07, 6.45) is 1.42. The van der Waals surface area contributed by atoms with Crippen molar-refractivity contribution in [2.45, 2.75) is 6.10 Å². The first-order chi connectivity index (χ1) is 7.70. The monoisotopic (exact) mass is 239 g/mol. The summed E-state index contributed by atoms with van der Waals surface area (Å²) in [5.74, 6) is 0.227. The molecule has 0 aliphatic carbocycles. The fourth-order valence-corrected chi connectivity index (χ4v) is 1.70. The summed E-state index contributed by atoms with van der Waals surface area (Å²) in [6.45, 7) is 0.430. The predicted octanol–water partition coefficient (Wildman–Crippen LogP) is 1.58. The van der Waals surface area contributed by atoms with Gasteiger partial charge in [-0.1, -0.05) is 12.1 Å². The molecule has 0 amide bonds. The molecule has 2 aromatic rings. The zero-order valence-corrected chi connectivity index (χ0v) is 9.78. The van der Waals surface area contributed by atoms with E-state index in [2.05, 4.69) is 10.4 Å². The van der Waals surface area contributed by atoms with Crippen LogP contribution in [0.4, 0.5) is 5.69 Å². The van der Waals surface area contributed by atoms with Gasteiger partial charge in [0.25, 0.3) is 0 Å². The van der Waals surface area contributed by atoms with Crippen LogP contribution in [0.5, 0.6) is 0 Å². The van der Waals surface area contributed by atoms with Crippen LogP contribution in [0.15, 0.2) is 24.4 Å². The molecule has 0 aliphatic heterocycles. The molecule has 0 fully saturated rings. The van der Waals surface area contributed by atoms with Gasteiger partial charge in [0.1, 0.15) is 5.52 Å². The van der Waals surface area contributed by atoms with Crippen molar-refractivity contribution in [3.8, 4) is 0 Å². The molecule has 0 radical (unpaired) electrons. The van der Waals surface area contributed by atoms with Crippen LogP contribution in [0.3, 0.4) is 0 Å². The van der Waals surface area contributed by atoms with Gasteiger partial charge in [-0.2, -0.15) is 5.10 Å². The van der Waals surface area contributed by atoms with Crippen molar-refractivity contribution in [3.63, 3.8) is 0 Å². The molecule has 2 N–H and O–H groups in total. The van der Waals surface area contributed by atoms with Gasteiger partial charge in [0.05, 0.1) is 17.7 Å². The largest absolute Gasteiger partial charge is 0.390 e. The van der Waals surface area contributed by atoms with Gasteiger partial charge in [-0.3, -0.25) is 4.68 Å². The van der Waals surface area contributed by atoms with Gasteiger partial charge in [0, 0.05) is 25.2 Å². The fraction of sp³-hybridized carbons (Fsp3) is 0.364. The van der Waals surface area contributed by atoms with Crippen molar-refractivity contribution < 1.29 is 5.11 Å². The van der Waals surface area contributed by atoms with Crippen LogP contribution >= 0.6 is 11.6 Å². The van der Waals surface area contributed by atoms with Gasteiger partial charge in [-0.25, -0.2) is 0 Å². The van der Waals surface area contributed by atoms with Crippen LogP contribution in [0, 0.1) is 0 Å². The van der Waals surface area contributed by atoms with E-state index in [1.165, 1.54) is 0 Å². The van der Waals surface area contributed by atoms with Crippen molar-refractivity contribution >= 4 is 28.2 Å². The second kappa shape index (κ2) is 4.72. The number of aliphatic hydroxyl groups is 1. The lowest BCUT2D eigenvalue weighted by Gasteiger charge is -2.10. The second-order valence-electron chi connectivity index (χ2n) is 3.74. The average Bonchev–Trinajstić information content (AvgIpc) is 2.66. The van der Waals surface area contributed by atoms with E-state index in [9.17, 15) is 5.11 Å². The summed E-state index contributed by atoms with van der Waals surface area (Å²) >= 11 is 5.53. The van der Waals surface area contributed by atoms with Crippen molar-refractivity contribution in [2.24, 2.45) is 7.05 Å². The van der Waals surface area contributed by atoms with Crippen LogP contribution in [0.25, 0.3) is 10.9 Å². The average molecular weight is 240 g/mol. The molecule has 16 heavy (non-hydrogen) atoms. The molecule has 4 nitrogen and oxygen atoms in total. The first-order valence-electron chi connectivity index (χ1n) is 5.11. The molecule has 1 atom stereocenters. The number of aromatic nitrogens is 2. The smallest absolute Gasteiger partial charge is 0.115 e. The molecule has 0 spiro atoms. The van der Waals surface area contributed by atoms with E-state index in [1.54, 1.807) is 4.68 Å². The normalized spacial score (nSPS) is 12.9. The number of aryl methyl sites for hydroxylation is 1. The highest BCUT2D eigenvalue weighted by Gasteiger charge is 2.06. The number of hydrogen-bond acceptors (Lipinski definition) is 3. The van der Waals surface area contributed by atoms with Crippen molar-refractivity contribution in [2.75, 3.05) is 17.7 Å². The van der Waals surface area contributed by atoms with Crippen LogP contribution in [-0.4, -0.2) is 33.4 Å². The topological polar surface area (TPSA) is 50.1 Å². The standard InChI is InChI=1S/C11H14ClN3O/c1-15-7-8-3-2-4-10(11(8)14-15)13-6-9(16)5-12/h2-4,7,9,13,16H,5-6H2,1H3. The Bertz CT molecular complexity index is 483. The maximum atomic E-state index is 9.38. The van der Waals surface area contributed by atoms with E-state index in [0.717, 1.165) is 16.6 Å². The molecule has 0 saturated heterocycles. The van der Waals surface area contributed by atoms with Gasteiger partial charge in [-0.05, 0) is 6.07 Å². The lowest BCUT2D eigenvalue weighted by Crippen LogP contribution is -2.20. The minimum Gasteiger partial charge on any atom is -0.390 e. The Labute approximate surface area is 98.8 Å². The molecule has 0 saturated carbocycles. The third-order valence-corrected chi connectivity index (χ3v) is 2.71. The summed E-state index contributed by atoms with van der Waals surface area (Å²) in [5.41, 5.74) is 1.83. The minimum absolute atomic E-state index is 0.227. The molecule has 86 valence electrons. The maximum Gasteiger partial charge on any atom is 0.115 e. The van der Waals surface area contributed by atoms with E-state index < -0.39 is 6.10 Å². The third kappa shape index (κ3) is 2.28. The SMILES string of the molecule is Cn1cc2cccc(NCC(O)CCl)c2n1. The summed E-state index contributed by atoms with van der Waals surface area (Å²) in [4.78, 5) is 0. The Kier molecular flexibility index (Phi) is 3.31. The number of aliphatic hydroxyl groups excluding tert-OH is 1. The van der Waals surface area contributed by atoms with Crippen LogP contribution in [0.1, 0.15) is 0 Å². The molecular weight excluding hydrogens is 226 g/mol. The Hall–Kier alpha value is -1.26. The molecule has 0 aliphatic rings. The number of alkyl halides is 1. The van der Waals surface area contributed by atoms with Gasteiger partial charge < -0.3 is 10.4 Å². The van der Waals surface area contributed by atoms with Crippen LogP contribution in [-0.2, 0) is 7.05 Å². The summed E-state index contributed by atoms with van der Waals surface area (Å²) in [5, 5.41) is 18.0. The number of nitrogens with zero attached hydrogens (tertiary/aromatic N) is 2. The summed E-state index contributed by atoms with van der Waals surface area (Å²) < 4.78 is 1.77. The Morgan fingerprint density at radius 3 is 3.12 bits per heavy atom. The highest BCUT2D eigenvalue weighted by atomic mass is 35.5. The van der Waals surface area contributed by atoms with Crippen molar-refractivity contribution in [3.05, 3.63) is 24.4 Å². The highest BCUT2D eigenvalue weighted by Crippen LogP contribution is 2.21. The van der Waals surface area contributed by atoms with Crippen molar-refractivity contribution in [1.29, 1.82) is 0 Å².